The fourth-order valence-electron chi connectivity index (χ4n) is 1.32. The van der Waals surface area contributed by atoms with Gasteiger partial charge in [0.1, 0.15) is 0 Å². The minimum atomic E-state index is 0.765. The number of H-pyrrole nitrogens is 1. The van der Waals surface area contributed by atoms with Gasteiger partial charge in [0.25, 0.3) is 0 Å². The SMILES string of the molecule is CCCc1ccnc2n[c][nH]c12. The maximum atomic E-state index is 4.11. The topological polar surface area (TPSA) is 41.6 Å². The number of hydrogen-bond acceptors (Lipinski definition) is 2. The molecule has 2 heterocycles. The van der Waals surface area contributed by atoms with E-state index in [0.717, 1.165) is 24.0 Å². The second-order valence-electron chi connectivity index (χ2n) is 2.77. The molecule has 0 aliphatic carbocycles. The van der Waals surface area contributed by atoms with Crippen molar-refractivity contribution in [1.82, 2.24) is 15.0 Å². The summed E-state index contributed by atoms with van der Waals surface area (Å²) in [4.78, 5) is 11.1. The van der Waals surface area contributed by atoms with Crippen molar-refractivity contribution in [1.29, 1.82) is 0 Å². The molecule has 0 atom stereocenters. The third kappa shape index (κ3) is 1.07. The van der Waals surface area contributed by atoms with E-state index >= 15 is 0 Å². The first-order valence-corrected chi connectivity index (χ1v) is 4.11. The highest BCUT2D eigenvalue weighted by atomic mass is 14.9. The number of hydrogen-bond donors (Lipinski definition) is 1. The van der Waals surface area contributed by atoms with E-state index in [1.807, 2.05) is 6.07 Å². The van der Waals surface area contributed by atoms with Crippen molar-refractivity contribution < 1.29 is 0 Å². The van der Waals surface area contributed by atoms with Crippen LogP contribution < -0.4 is 0 Å². The van der Waals surface area contributed by atoms with E-state index in [2.05, 4.69) is 28.2 Å². The third-order valence-electron chi connectivity index (χ3n) is 1.88. The molecular formula is C9H10N3. The Morgan fingerprint density at radius 1 is 1.58 bits per heavy atom. The van der Waals surface area contributed by atoms with Crippen LogP contribution in [0, 0.1) is 6.33 Å². The van der Waals surface area contributed by atoms with Crippen molar-refractivity contribution in [2.75, 3.05) is 0 Å². The van der Waals surface area contributed by atoms with Crippen molar-refractivity contribution in [3.63, 3.8) is 0 Å². The normalized spacial score (nSPS) is 10.8. The number of pyridine rings is 1. The van der Waals surface area contributed by atoms with Gasteiger partial charge >= 0.3 is 0 Å². The van der Waals surface area contributed by atoms with E-state index in [1.165, 1.54) is 5.56 Å². The molecule has 0 saturated heterocycles. The van der Waals surface area contributed by atoms with Gasteiger partial charge in [-0.05, 0) is 18.1 Å². The number of imidazole rings is 1. The van der Waals surface area contributed by atoms with E-state index in [-0.39, 0.29) is 0 Å². The first-order chi connectivity index (χ1) is 5.92. The third-order valence-corrected chi connectivity index (χ3v) is 1.88. The summed E-state index contributed by atoms with van der Waals surface area (Å²) < 4.78 is 0. The number of fused-ring (bicyclic) bond motifs is 1. The molecule has 0 aliphatic heterocycles. The van der Waals surface area contributed by atoms with Crippen LogP contribution in [0.3, 0.4) is 0 Å². The van der Waals surface area contributed by atoms with Crippen LogP contribution in [0.2, 0.25) is 0 Å². The molecule has 0 aliphatic rings. The lowest BCUT2D eigenvalue weighted by atomic mass is 10.1. The molecule has 0 unspecified atom stereocenters. The van der Waals surface area contributed by atoms with Crippen molar-refractivity contribution in [2.24, 2.45) is 0 Å². The van der Waals surface area contributed by atoms with Crippen LogP contribution in [0.15, 0.2) is 12.3 Å². The highest BCUT2D eigenvalue weighted by Gasteiger charge is 2.01. The Bertz CT molecular complexity index is 378. The Morgan fingerprint density at radius 2 is 2.50 bits per heavy atom. The smallest absolute Gasteiger partial charge is 0.178 e. The number of aromatic nitrogens is 3. The predicted octanol–water partition coefficient (Wildman–Crippen LogP) is 1.71. The minimum Gasteiger partial charge on any atom is -0.334 e. The number of aryl methyl sites for hydroxylation is 1. The zero-order chi connectivity index (χ0) is 8.39. The van der Waals surface area contributed by atoms with Crippen LogP contribution in [0.4, 0.5) is 0 Å². The largest absolute Gasteiger partial charge is 0.334 e. The lowest BCUT2D eigenvalue weighted by Gasteiger charge is -1.97. The van der Waals surface area contributed by atoms with E-state index in [4.69, 9.17) is 0 Å². The number of rotatable bonds is 2. The molecule has 2 rings (SSSR count). The van der Waals surface area contributed by atoms with Crippen molar-refractivity contribution in [2.45, 2.75) is 19.8 Å². The summed E-state index contributed by atoms with van der Waals surface area (Å²) in [5.41, 5.74) is 3.07. The second-order valence-corrected chi connectivity index (χ2v) is 2.77. The van der Waals surface area contributed by atoms with Crippen molar-refractivity contribution in [3.05, 3.63) is 24.2 Å². The van der Waals surface area contributed by atoms with Gasteiger partial charge in [0, 0.05) is 6.20 Å². The molecule has 1 N–H and O–H groups in total. The maximum Gasteiger partial charge on any atom is 0.178 e. The number of aromatic amines is 1. The van der Waals surface area contributed by atoms with Crippen LogP contribution in [0.1, 0.15) is 18.9 Å². The molecule has 2 aromatic rings. The van der Waals surface area contributed by atoms with Gasteiger partial charge in [-0.15, -0.1) is 0 Å². The highest BCUT2D eigenvalue weighted by Crippen LogP contribution is 2.12. The number of nitrogens with zero attached hydrogens (tertiary/aromatic N) is 2. The summed E-state index contributed by atoms with van der Waals surface area (Å²) in [6.45, 7) is 2.16. The first kappa shape index (κ1) is 7.28. The molecule has 0 saturated carbocycles. The van der Waals surface area contributed by atoms with Gasteiger partial charge in [0.15, 0.2) is 12.0 Å². The van der Waals surface area contributed by atoms with E-state index in [9.17, 15) is 0 Å². The average molecular weight is 160 g/mol. The Labute approximate surface area is 70.9 Å². The Morgan fingerprint density at radius 3 is 3.33 bits per heavy atom. The van der Waals surface area contributed by atoms with E-state index in [1.54, 1.807) is 6.20 Å². The molecule has 3 heteroatoms. The van der Waals surface area contributed by atoms with Crippen LogP contribution in [-0.2, 0) is 6.42 Å². The molecule has 3 nitrogen and oxygen atoms in total. The van der Waals surface area contributed by atoms with Crippen LogP contribution in [-0.4, -0.2) is 15.0 Å². The van der Waals surface area contributed by atoms with Crippen molar-refractivity contribution >= 4 is 11.2 Å². The summed E-state index contributed by atoms with van der Waals surface area (Å²) in [7, 11) is 0. The molecule has 1 radical (unpaired) electrons. The highest BCUT2D eigenvalue weighted by molar-refractivity contribution is 5.73. The fourth-order valence-corrected chi connectivity index (χ4v) is 1.32. The van der Waals surface area contributed by atoms with Crippen LogP contribution in [0.5, 0.6) is 0 Å². The van der Waals surface area contributed by atoms with Crippen LogP contribution >= 0.6 is 0 Å². The Kier molecular flexibility index (Phi) is 1.78. The van der Waals surface area contributed by atoms with Gasteiger partial charge in [0.2, 0.25) is 0 Å². The molecule has 0 bridgehead atoms. The molecule has 0 spiro atoms. The lowest BCUT2D eigenvalue weighted by molar-refractivity contribution is 0.925. The number of nitrogens with one attached hydrogen (secondary N) is 1. The molecule has 0 aromatic carbocycles. The van der Waals surface area contributed by atoms with Gasteiger partial charge in [-0.3, -0.25) is 0 Å². The summed E-state index contributed by atoms with van der Waals surface area (Å²) in [6, 6.07) is 2.03. The zero-order valence-corrected chi connectivity index (χ0v) is 6.96. The molecule has 0 amide bonds. The molecule has 12 heavy (non-hydrogen) atoms. The fraction of sp³-hybridized carbons (Fsp3) is 0.333. The quantitative estimate of drug-likeness (QED) is 0.726. The Hall–Kier alpha value is -1.38. The summed E-state index contributed by atoms with van der Waals surface area (Å²) >= 11 is 0. The van der Waals surface area contributed by atoms with Gasteiger partial charge in [-0.25, -0.2) is 9.97 Å². The van der Waals surface area contributed by atoms with E-state index in [0.29, 0.717) is 0 Å². The van der Waals surface area contributed by atoms with Crippen LogP contribution in [0.25, 0.3) is 11.2 Å². The summed E-state index contributed by atoms with van der Waals surface area (Å²) in [5.74, 6) is 0. The van der Waals surface area contributed by atoms with Gasteiger partial charge < -0.3 is 4.98 Å². The second kappa shape index (κ2) is 2.93. The zero-order valence-electron chi connectivity index (χ0n) is 6.96. The standard InChI is InChI=1S/C9H10N3/c1-2-3-7-4-5-10-9-8(7)11-6-12-9/h4-5H,2-3H2,1H3,(H,10,11,12). The summed E-state index contributed by atoms with van der Waals surface area (Å²) in [6.07, 6.45) is 6.69. The monoisotopic (exact) mass is 160 g/mol. The first-order valence-electron chi connectivity index (χ1n) is 4.11. The van der Waals surface area contributed by atoms with Gasteiger partial charge in [0.05, 0.1) is 5.52 Å². The minimum absolute atomic E-state index is 0.765. The van der Waals surface area contributed by atoms with E-state index < -0.39 is 0 Å². The van der Waals surface area contributed by atoms with Gasteiger partial charge in [-0.1, -0.05) is 13.3 Å². The molecule has 2 aromatic heterocycles. The predicted molar refractivity (Wildman–Crippen MR) is 46.7 cm³/mol. The lowest BCUT2D eigenvalue weighted by Crippen LogP contribution is -1.86. The van der Waals surface area contributed by atoms with Crippen molar-refractivity contribution in [3.8, 4) is 0 Å². The van der Waals surface area contributed by atoms with Gasteiger partial charge in [-0.2, -0.15) is 0 Å². The summed E-state index contributed by atoms with van der Waals surface area (Å²) in [5, 5.41) is 0. The Balaban J connectivity index is 2.57. The average Bonchev–Trinajstić information content (AvgIpc) is 2.53. The maximum absolute atomic E-state index is 4.11. The molecular weight excluding hydrogens is 150 g/mol. The molecule has 61 valence electrons. The molecule has 0 fully saturated rings.